The number of aryl methyl sites for hydroxylation is 2. The number of anilines is 1. The van der Waals surface area contributed by atoms with Crippen LogP contribution in [0.3, 0.4) is 0 Å². The number of nitrogens with zero attached hydrogens (tertiary/aromatic N) is 1. The van der Waals surface area contributed by atoms with Crippen molar-refractivity contribution in [2.75, 3.05) is 17.4 Å². The summed E-state index contributed by atoms with van der Waals surface area (Å²) in [5.41, 5.74) is 3.34. The van der Waals surface area contributed by atoms with E-state index < -0.39 is 10.0 Å². The summed E-state index contributed by atoms with van der Waals surface area (Å²) in [6, 6.07) is 21.7. The van der Waals surface area contributed by atoms with Gasteiger partial charge >= 0.3 is 0 Å². The molecule has 1 atom stereocenters. The van der Waals surface area contributed by atoms with Gasteiger partial charge in [0.2, 0.25) is 5.91 Å². The zero-order valence-electron chi connectivity index (χ0n) is 19.8. The molecule has 0 aliphatic rings. The van der Waals surface area contributed by atoms with Crippen LogP contribution >= 0.6 is 11.6 Å². The lowest BCUT2D eigenvalue weighted by molar-refractivity contribution is -0.119. The summed E-state index contributed by atoms with van der Waals surface area (Å²) in [6.45, 7) is 5.95. The number of rotatable bonds is 10. The van der Waals surface area contributed by atoms with Gasteiger partial charge in [0.05, 0.1) is 10.6 Å². The molecule has 5 nitrogen and oxygen atoms in total. The van der Waals surface area contributed by atoms with Gasteiger partial charge in [-0.3, -0.25) is 9.10 Å². The Hall–Kier alpha value is -2.83. The number of nitrogens with one attached hydrogen (secondary N) is 1. The molecule has 0 radical (unpaired) electrons. The first-order valence-electron chi connectivity index (χ1n) is 11.4. The summed E-state index contributed by atoms with van der Waals surface area (Å²) in [6.07, 6.45) is 1.74. The number of carbonyl (C=O) groups excluding carboxylic acids is 1. The van der Waals surface area contributed by atoms with Crippen molar-refractivity contribution in [1.82, 2.24) is 5.32 Å². The Morgan fingerprint density at radius 2 is 1.68 bits per heavy atom. The lowest BCUT2D eigenvalue weighted by Crippen LogP contribution is -2.42. The number of sulfonamides is 1. The van der Waals surface area contributed by atoms with Crippen molar-refractivity contribution >= 4 is 33.2 Å². The molecule has 0 bridgehead atoms. The minimum Gasteiger partial charge on any atom is -0.354 e. The highest BCUT2D eigenvalue weighted by Crippen LogP contribution is 2.28. The highest BCUT2D eigenvalue weighted by Gasteiger charge is 2.27. The first kappa shape index (κ1) is 25.8. The van der Waals surface area contributed by atoms with Crippen LogP contribution in [0.25, 0.3) is 0 Å². The van der Waals surface area contributed by atoms with Crippen molar-refractivity contribution < 1.29 is 13.2 Å². The number of halogens is 1. The Morgan fingerprint density at radius 1 is 1.00 bits per heavy atom. The third-order valence-corrected chi connectivity index (χ3v) is 8.07. The average molecular weight is 499 g/mol. The minimum atomic E-state index is -3.97. The molecule has 7 heteroatoms. The largest absolute Gasteiger partial charge is 0.354 e. The monoisotopic (exact) mass is 498 g/mol. The van der Waals surface area contributed by atoms with Crippen molar-refractivity contribution in [3.63, 3.8) is 0 Å². The fraction of sp³-hybridized carbons (Fsp3) is 0.296. The number of hydrogen-bond acceptors (Lipinski definition) is 3. The highest BCUT2D eigenvalue weighted by atomic mass is 35.5. The van der Waals surface area contributed by atoms with Crippen LogP contribution in [0.5, 0.6) is 0 Å². The fourth-order valence-corrected chi connectivity index (χ4v) is 5.23. The Kier molecular flexibility index (Phi) is 8.75. The van der Waals surface area contributed by atoms with E-state index >= 15 is 0 Å². The van der Waals surface area contributed by atoms with Gasteiger partial charge in [-0.05, 0) is 61.6 Å². The highest BCUT2D eigenvalue weighted by molar-refractivity contribution is 7.92. The van der Waals surface area contributed by atoms with Gasteiger partial charge in [-0.15, -0.1) is 0 Å². The van der Waals surface area contributed by atoms with Crippen LogP contribution in [0.2, 0.25) is 5.02 Å². The molecule has 0 fully saturated rings. The summed E-state index contributed by atoms with van der Waals surface area (Å²) in [5.74, 6) is -0.110. The van der Waals surface area contributed by atoms with E-state index in [4.69, 9.17) is 11.6 Å². The van der Waals surface area contributed by atoms with E-state index in [-0.39, 0.29) is 23.3 Å². The predicted octanol–water partition coefficient (Wildman–Crippen LogP) is 5.54. The van der Waals surface area contributed by atoms with E-state index in [0.717, 1.165) is 28.3 Å². The Balaban J connectivity index is 1.80. The summed E-state index contributed by atoms with van der Waals surface area (Å²) >= 11 is 6.29. The number of benzene rings is 3. The van der Waals surface area contributed by atoms with Crippen LogP contribution in [0, 0.1) is 19.8 Å². The Morgan fingerprint density at radius 3 is 2.29 bits per heavy atom. The molecule has 0 saturated heterocycles. The smallest absolute Gasteiger partial charge is 0.264 e. The second-order valence-corrected chi connectivity index (χ2v) is 10.8. The minimum absolute atomic E-state index is 0.123. The van der Waals surface area contributed by atoms with Crippen molar-refractivity contribution in [1.29, 1.82) is 0 Å². The maximum atomic E-state index is 13.5. The van der Waals surface area contributed by atoms with Crippen molar-refractivity contribution in [3.8, 4) is 0 Å². The average Bonchev–Trinajstić information content (AvgIpc) is 2.83. The van der Waals surface area contributed by atoms with Crippen LogP contribution in [0.1, 0.15) is 30.0 Å². The topological polar surface area (TPSA) is 66.5 Å². The SMILES string of the molecule is CCC(CNC(=O)CN(c1ccc(C)c(Cl)c1)S(=O)(=O)c1ccc(C)cc1)Cc1ccccc1. The number of amides is 1. The van der Waals surface area contributed by atoms with Gasteiger partial charge < -0.3 is 5.32 Å². The third kappa shape index (κ3) is 6.61. The molecule has 180 valence electrons. The van der Waals surface area contributed by atoms with E-state index in [1.165, 1.54) is 5.56 Å². The molecule has 0 aromatic heterocycles. The Bertz CT molecular complexity index is 1210. The predicted molar refractivity (Wildman–Crippen MR) is 139 cm³/mol. The number of carbonyl (C=O) groups is 1. The number of hydrogen-bond donors (Lipinski definition) is 1. The van der Waals surface area contributed by atoms with Crippen LogP contribution in [-0.4, -0.2) is 27.4 Å². The quantitative estimate of drug-likeness (QED) is 0.399. The van der Waals surface area contributed by atoms with Crippen molar-refractivity contribution in [3.05, 3.63) is 94.5 Å². The van der Waals surface area contributed by atoms with Gasteiger partial charge in [-0.1, -0.05) is 79.0 Å². The first-order chi connectivity index (χ1) is 16.2. The van der Waals surface area contributed by atoms with E-state index in [2.05, 4.69) is 24.4 Å². The van der Waals surface area contributed by atoms with Crippen molar-refractivity contribution in [2.45, 2.75) is 38.5 Å². The molecule has 3 rings (SSSR count). The normalized spacial score (nSPS) is 12.2. The summed E-state index contributed by atoms with van der Waals surface area (Å²) in [7, 11) is -3.97. The molecular formula is C27H31ClN2O3S. The molecule has 0 aliphatic heterocycles. The van der Waals surface area contributed by atoms with E-state index in [1.54, 1.807) is 42.5 Å². The van der Waals surface area contributed by atoms with E-state index in [9.17, 15) is 13.2 Å². The summed E-state index contributed by atoms with van der Waals surface area (Å²) in [4.78, 5) is 13.1. The van der Waals surface area contributed by atoms with Gasteiger partial charge in [-0.25, -0.2) is 8.42 Å². The summed E-state index contributed by atoms with van der Waals surface area (Å²) in [5, 5.41) is 3.38. The van der Waals surface area contributed by atoms with Gasteiger partial charge in [0.1, 0.15) is 6.54 Å². The molecule has 1 unspecified atom stereocenters. The fourth-order valence-electron chi connectivity index (χ4n) is 3.64. The van der Waals surface area contributed by atoms with Gasteiger partial charge in [0.15, 0.2) is 0 Å². The molecule has 0 heterocycles. The zero-order valence-corrected chi connectivity index (χ0v) is 21.4. The summed E-state index contributed by atoms with van der Waals surface area (Å²) < 4.78 is 28.1. The lowest BCUT2D eigenvalue weighted by Gasteiger charge is -2.25. The van der Waals surface area contributed by atoms with E-state index in [1.807, 2.05) is 32.0 Å². The standard InChI is InChI=1S/C27H31ClN2O3S/c1-4-22(16-23-8-6-5-7-9-23)18-29-27(31)19-30(24-13-12-21(3)26(28)17-24)34(32,33)25-14-10-20(2)11-15-25/h5-15,17,22H,4,16,18-19H2,1-3H3,(H,29,31). The maximum absolute atomic E-state index is 13.5. The van der Waals surface area contributed by atoms with Gasteiger partial charge in [-0.2, -0.15) is 0 Å². The molecule has 0 spiro atoms. The lowest BCUT2D eigenvalue weighted by atomic mass is 9.97. The zero-order chi connectivity index (χ0) is 24.7. The van der Waals surface area contributed by atoms with Crippen LogP contribution < -0.4 is 9.62 Å². The molecule has 34 heavy (non-hydrogen) atoms. The maximum Gasteiger partial charge on any atom is 0.264 e. The van der Waals surface area contributed by atoms with Gasteiger partial charge in [0, 0.05) is 11.6 Å². The Labute approximate surface area is 207 Å². The molecule has 1 amide bonds. The van der Waals surface area contributed by atoms with Gasteiger partial charge in [0.25, 0.3) is 10.0 Å². The van der Waals surface area contributed by atoms with Crippen LogP contribution in [-0.2, 0) is 21.2 Å². The molecule has 0 saturated carbocycles. The second-order valence-electron chi connectivity index (χ2n) is 8.53. The second kappa shape index (κ2) is 11.5. The molecule has 0 aliphatic carbocycles. The molecular weight excluding hydrogens is 468 g/mol. The molecule has 3 aromatic carbocycles. The van der Waals surface area contributed by atoms with Crippen molar-refractivity contribution in [2.24, 2.45) is 5.92 Å². The third-order valence-electron chi connectivity index (χ3n) is 5.87. The van der Waals surface area contributed by atoms with Crippen LogP contribution in [0.4, 0.5) is 5.69 Å². The molecule has 3 aromatic rings. The van der Waals surface area contributed by atoms with Crippen LogP contribution in [0.15, 0.2) is 77.7 Å². The first-order valence-corrected chi connectivity index (χ1v) is 13.2. The van der Waals surface area contributed by atoms with E-state index in [0.29, 0.717) is 17.3 Å². The molecule has 1 N–H and O–H groups in total.